The van der Waals surface area contributed by atoms with E-state index in [1.807, 2.05) is 34.6 Å². The fourth-order valence-electron chi connectivity index (χ4n) is 1.10. The molecule has 0 saturated carbocycles. The second-order valence-electron chi connectivity index (χ2n) is 4.99. The molecule has 0 aliphatic rings. The Kier molecular flexibility index (Phi) is 3.70. The topological polar surface area (TPSA) is 68.0 Å². The zero-order valence-electron chi connectivity index (χ0n) is 10.4. The van der Waals surface area contributed by atoms with Crippen LogP contribution in [0.4, 0.5) is 5.13 Å². The molecule has 1 heterocycles. The highest BCUT2D eigenvalue weighted by atomic mass is 32.1. The number of carbonyl (C=O) groups excluding carboxylic acids is 1. The van der Waals surface area contributed by atoms with Crippen LogP contribution in [0.25, 0.3) is 0 Å². The maximum absolute atomic E-state index is 11.8. The summed E-state index contributed by atoms with van der Waals surface area (Å²) in [5.74, 6) is -0.179. The van der Waals surface area contributed by atoms with Crippen molar-refractivity contribution in [1.82, 2.24) is 4.98 Å². The third-order valence-electron chi connectivity index (χ3n) is 2.47. The van der Waals surface area contributed by atoms with E-state index in [1.165, 1.54) is 11.3 Å². The van der Waals surface area contributed by atoms with E-state index in [-0.39, 0.29) is 11.3 Å². The van der Waals surface area contributed by atoms with Crippen LogP contribution in [0.1, 0.15) is 31.3 Å². The summed E-state index contributed by atoms with van der Waals surface area (Å²) < 4.78 is 0. The largest absolute Gasteiger partial charge is 0.319 e. The van der Waals surface area contributed by atoms with E-state index in [2.05, 4.69) is 10.3 Å². The lowest BCUT2D eigenvalue weighted by molar-refractivity contribution is -0.119. The van der Waals surface area contributed by atoms with Crippen LogP contribution in [0, 0.1) is 19.3 Å². The van der Waals surface area contributed by atoms with Crippen LogP contribution in [0.15, 0.2) is 0 Å². The number of aromatic nitrogens is 1. The van der Waals surface area contributed by atoms with Gasteiger partial charge in [-0.25, -0.2) is 4.98 Å². The van der Waals surface area contributed by atoms with Gasteiger partial charge in [0.2, 0.25) is 5.91 Å². The van der Waals surface area contributed by atoms with Crippen LogP contribution < -0.4 is 11.1 Å². The van der Waals surface area contributed by atoms with Gasteiger partial charge in [-0.1, -0.05) is 20.8 Å². The summed E-state index contributed by atoms with van der Waals surface area (Å²) in [6.07, 6.45) is 0. The maximum atomic E-state index is 11.8. The molecule has 0 aromatic carbocycles. The molecule has 1 atom stereocenters. The number of carbonyl (C=O) groups is 1. The van der Waals surface area contributed by atoms with Crippen molar-refractivity contribution >= 4 is 22.4 Å². The van der Waals surface area contributed by atoms with Crippen molar-refractivity contribution in [2.75, 3.05) is 5.32 Å². The lowest BCUT2D eigenvalue weighted by Crippen LogP contribution is -2.45. The molecule has 4 nitrogen and oxygen atoms in total. The molecule has 16 heavy (non-hydrogen) atoms. The number of nitrogens with zero attached hydrogens (tertiary/aromatic N) is 1. The molecule has 1 aromatic rings. The van der Waals surface area contributed by atoms with Crippen molar-refractivity contribution in [1.29, 1.82) is 0 Å². The SMILES string of the molecule is Cc1nc(NC(=O)[C@@H](N)C(C)(C)C)sc1C. The van der Waals surface area contributed by atoms with Crippen molar-refractivity contribution < 1.29 is 4.79 Å². The summed E-state index contributed by atoms with van der Waals surface area (Å²) >= 11 is 1.47. The van der Waals surface area contributed by atoms with Crippen LogP contribution in [-0.4, -0.2) is 16.9 Å². The van der Waals surface area contributed by atoms with Crippen LogP contribution in [0.5, 0.6) is 0 Å². The number of aryl methyl sites for hydroxylation is 2. The highest BCUT2D eigenvalue weighted by Gasteiger charge is 2.27. The average molecular weight is 241 g/mol. The minimum absolute atomic E-state index is 0.179. The summed E-state index contributed by atoms with van der Waals surface area (Å²) in [4.78, 5) is 17.2. The third-order valence-corrected chi connectivity index (χ3v) is 3.46. The van der Waals surface area contributed by atoms with Crippen molar-refractivity contribution in [3.8, 4) is 0 Å². The Morgan fingerprint density at radius 2 is 2.00 bits per heavy atom. The first kappa shape index (κ1) is 13.1. The lowest BCUT2D eigenvalue weighted by atomic mass is 9.87. The molecule has 3 N–H and O–H groups in total. The quantitative estimate of drug-likeness (QED) is 0.833. The Hall–Kier alpha value is -0.940. The molecule has 5 heteroatoms. The number of amides is 1. The molecule has 1 aromatic heterocycles. The predicted molar refractivity (Wildman–Crippen MR) is 67.6 cm³/mol. The highest BCUT2D eigenvalue weighted by Crippen LogP contribution is 2.23. The maximum Gasteiger partial charge on any atom is 0.243 e. The summed E-state index contributed by atoms with van der Waals surface area (Å²) in [6, 6.07) is -0.531. The molecule has 1 amide bonds. The van der Waals surface area contributed by atoms with E-state index in [9.17, 15) is 4.79 Å². The molecule has 0 unspecified atom stereocenters. The van der Waals surface area contributed by atoms with Gasteiger partial charge in [-0.2, -0.15) is 0 Å². The van der Waals surface area contributed by atoms with Gasteiger partial charge in [-0.15, -0.1) is 11.3 Å². The van der Waals surface area contributed by atoms with E-state index in [0.29, 0.717) is 5.13 Å². The normalized spacial score (nSPS) is 13.6. The summed E-state index contributed by atoms with van der Waals surface area (Å²) in [6.45, 7) is 9.72. The van der Waals surface area contributed by atoms with Gasteiger partial charge >= 0.3 is 0 Å². The fraction of sp³-hybridized carbons (Fsp3) is 0.636. The molecule has 0 radical (unpaired) electrons. The molecule has 0 aliphatic carbocycles. The number of hydrogen-bond donors (Lipinski definition) is 2. The summed E-state index contributed by atoms with van der Waals surface area (Å²) in [5.41, 5.74) is 6.56. The van der Waals surface area contributed by atoms with Gasteiger partial charge in [-0.3, -0.25) is 4.79 Å². The van der Waals surface area contributed by atoms with Crippen molar-refractivity contribution in [3.05, 3.63) is 10.6 Å². The zero-order chi connectivity index (χ0) is 12.5. The second kappa shape index (κ2) is 4.51. The van der Waals surface area contributed by atoms with Crippen LogP contribution in [0.3, 0.4) is 0 Å². The van der Waals surface area contributed by atoms with Gasteiger partial charge in [0.1, 0.15) is 0 Å². The van der Waals surface area contributed by atoms with Crippen molar-refractivity contribution in [2.24, 2.45) is 11.1 Å². The molecule has 0 spiro atoms. The molecule has 0 saturated heterocycles. The Bertz CT molecular complexity index is 373. The number of nitrogens with two attached hydrogens (primary N) is 1. The molecule has 0 aliphatic heterocycles. The van der Waals surface area contributed by atoms with Gasteiger partial charge in [0, 0.05) is 4.88 Å². The monoisotopic (exact) mass is 241 g/mol. The highest BCUT2D eigenvalue weighted by molar-refractivity contribution is 7.15. The standard InChI is InChI=1S/C11H19N3OS/c1-6-7(2)16-10(13-6)14-9(15)8(12)11(3,4)5/h8H,12H2,1-5H3,(H,13,14,15)/t8-/m1/s1. The zero-order valence-corrected chi connectivity index (χ0v) is 11.2. The summed E-state index contributed by atoms with van der Waals surface area (Å²) in [7, 11) is 0. The van der Waals surface area contributed by atoms with E-state index >= 15 is 0 Å². The Balaban J connectivity index is 2.72. The van der Waals surface area contributed by atoms with Gasteiger partial charge in [0.05, 0.1) is 11.7 Å². The van der Waals surface area contributed by atoms with Gasteiger partial charge in [0.15, 0.2) is 5.13 Å². The fourth-order valence-corrected chi connectivity index (χ4v) is 1.92. The number of nitrogens with one attached hydrogen (secondary N) is 1. The molecule has 90 valence electrons. The van der Waals surface area contributed by atoms with Crippen LogP contribution in [0.2, 0.25) is 0 Å². The molecular weight excluding hydrogens is 222 g/mol. The Morgan fingerprint density at radius 1 is 1.44 bits per heavy atom. The van der Waals surface area contributed by atoms with Gasteiger partial charge in [-0.05, 0) is 19.3 Å². The van der Waals surface area contributed by atoms with Gasteiger partial charge < -0.3 is 11.1 Å². The van der Waals surface area contributed by atoms with E-state index in [4.69, 9.17) is 5.73 Å². The molecular formula is C11H19N3OS. The first-order chi connectivity index (χ1) is 7.21. The van der Waals surface area contributed by atoms with Gasteiger partial charge in [0.25, 0.3) is 0 Å². The average Bonchev–Trinajstić information content (AvgIpc) is 2.43. The first-order valence-electron chi connectivity index (χ1n) is 5.22. The first-order valence-corrected chi connectivity index (χ1v) is 6.04. The van der Waals surface area contributed by atoms with Crippen molar-refractivity contribution in [2.45, 2.75) is 40.7 Å². The molecule has 1 rings (SSSR count). The van der Waals surface area contributed by atoms with Crippen molar-refractivity contribution in [3.63, 3.8) is 0 Å². The number of hydrogen-bond acceptors (Lipinski definition) is 4. The number of anilines is 1. The van der Waals surface area contributed by atoms with E-state index in [0.717, 1.165) is 10.6 Å². The minimum Gasteiger partial charge on any atom is -0.319 e. The Labute approximate surface area is 100 Å². The predicted octanol–water partition coefficient (Wildman–Crippen LogP) is 2.07. The van der Waals surface area contributed by atoms with Crippen LogP contribution >= 0.6 is 11.3 Å². The minimum atomic E-state index is -0.531. The van der Waals surface area contributed by atoms with E-state index < -0.39 is 6.04 Å². The van der Waals surface area contributed by atoms with E-state index in [1.54, 1.807) is 0 Å². The smallest absolute Gasteiger partial charge is 0.243 e. The number of thiazole rings is 1. The lowest BCUT2D eigenvalue weighted by Gasteiger charge is -2.25. The number of rotatable bonds is 2. The molecule has 0 fully saturated rings. The summed E-state index contributed by atoms with van der Waals surface area (Å²) in [5, 5.41) is 3.38. The van der Waals surface area contributed by atoms with Crippen LogP contribution in [-0.2, 0) is 4.79 Å². The third kappa shape index (κ3) is 3.02. The molecule has 0 bridgehead atoms. The Morgan fingerprint density at radius 3 is 2.38 bits per heavy atom. The second-order valence-corrected chi connectivity index (χ2v) is 6.20.